The molecule has 0 saturated heterocycles. The molecule has 0 heterocycles. The third-order valence-corrected chi connectivity index (χ3v) is 17.4. The molecule has 0 unspecified atom stereocenters. The summed E-state index contributed by atoms with van der Waals surface area (Å²) in [5, 5.41) is 0. The second kappa shape index (κ2) is 3.25. The second-order valence-electron chi connectivity index (χ2n) is 5.63. The first-order valence-electron chi connectivity index (χ1n) is 5.65. The molecule has 0 amide bonds. The number of hydrogen-bond donors (Lipinski definition) is 0. The first kappa shape index (κ1) is 11.0. The van der Waals surface area contributed by atoms with E-state index in [9.17, 15) is 0 Å². The van der Waals surface area contributed by atoms with Gasteiger partial charge in [0.1, 0.15) is 0 Å². The number of rotatable bonds is 2. The average molecular weight is 261 g/mol. The first-order valence-corrected chi connectivity index (χ1v) is 11.9. The van der Waals surface area contributed by atoms with Crippen LogP contribution in [0.15, 0.2) is 48.6 Å². The van der Waals surface area contributed by atoms with Crippen LogP contribution in [0.3, 0.4) is 0 Å². The van der Waals surface area contributed by atoms with Crippen LogP contribution in [0, 0.1) is 0 Å². The van der Waals surface area contributed by atoms with Gasteiger partial charge in [-0.2, -0.15) is 0 Å². The van der Waals surface area contributed by atoms with E-state index in [1.807, 2.05) is 0 Å². The van der Waals surface area contributed by atoms with Crippen LogP contribution in [-0.4, -0.2) is 13.3 Å². The van der Waals surface area contributed by atoms with Gasteiger partial charge in [0.2, 0.25) is 0 Å². The van der Waals surface area contributed by atoms with E-state index in [4.69, 9.17) is 0 Å². The molecule has 1 heteroatoms. The van der Waals surface area contributed by atoms with Gasteiger partial charge < -0.3 is 0 Å². The summed E-state index contributed by atoms with van der Waals surface area (Å²) in [7, 11) is 0. The van der Waals surface area contributed by atoms with Crippen LogP contribution in [0.5, 0.6) is 0 Å². The molecule has 0 bridgehead atoms. The van der Waals surface area contributed by atoms with Gasteiger partial charge in [0.25, 0.3) is 0 Å². The van der Waals surface area contributed by atoms with Crippen molar-refractivity contribution in [3.63, 3.8) is 0 Å². The normalized spacial score (nSPS) is 25.3. The summed E-state index contributed by atoms with van der Waals surface area (Å²) < 4.78 is 0.682. The number of hydrogen-bond acceptors (Lipinski definition) is 0. The minimum absolute atomic E-state index is 0.341. The van der Waals surface area contributed by atoms with Crippen molar-refractivity contribution in [2.45, 2.75) is 33.9 Å². The fraction of sp³-hybridized carbons (Fsp3) is 0.429. The van der Waals surface area contributed by atoms with Gasteiger partial charge in [0.05, 0.1) is 0 Å². The van der Waals surface area contributed by atoms with Gasteiger partial charge in [-0.15, -0.1) is 0 Å². The van der Waals surface area contributed by atoms with E-state index in [1.165, 1.54) is 0 Å². The van der Waals surface area contributed by atoms with Crippen LogP contribution in [0.1, 0.15) is 13.8 Å². The molecule has 15 heavy (non-hydrogen) atoms. The molecule has 0 aromatic rings. The van der Waals surface area contributed by atoms with Gasteiger partial charge >= 0.3 is 95.7 Å². The quantitative estimate of drug-likeness (QED) is 0.643. The van der Waals surface area contributed by atoms with Crippen molar-refractivity contribution >= 4 is 13.3 Å². The Bertz CT molecular complexity index is 320. The van der Waals surface area contributed by atoms with Crippen LogP contribution in [-0.2, 0) is 0 Å². The Morgan fingerprint density at radius 3 is 1.20 bits per heavy atom. The second-order valence-corrected chi connectivity index (χ2v) is 17.0. The molecule has 0 atom stereocenters. The van der Waals surface area contributed by atoms with E-state index in [0.29, 0.717) is 8.49 Å². The summed E-state index contributed by atoms with van der Waals surface area (Å²) in [5.74, 6) is 5.08. The Kier molecular flexibility index (Phi) is 2.38. The number of allylic oxidation sites excluding steroid dienone is 8. The average Bonchev–Trinajstić information content (AvgIpc) is 2.76. The molecule has 2 aliphatic carbocycles. The first-order chi connectivity index (χ1) is 6.91. The van der Waals surface area contributed by atoms with E-state index in [0.717, 1.165) is 0 Å². The Labute approximate surface area is 95.8 Å². The third-order valence-electron chi connectivity index (χ3n) is 4.69. The molecular weight excluding hydrogens is 241 g/mol. The van der Waals surface area contributed by atoms with Crippen LogP contribution < -0.4 is 0 Å². The summed E-state index contributed by atoms with van der Waals surface area (Å²) in [6.45, 7) is 4.80. The molecule has 0 N–H and O–H groups in total. The van der Waals surface area contributed by atoms with E-state index in [2.05, 4.69) is 74.0 Å². The molecule has 80 valence electrons. The van der Waals surface area contributed by atoms with Crippen molar-refractivity contribution in [3.8, 4) is 0 Å². The van der Waals surface area contributed by atoms with Gasteiger partial charge in [-0.25, -0.2) is 0 Å². The molecular formula is C14H20Ge. The van der Waals surface area contributed by atoms with E-state index >= 15 is 0 Å². The van der Waals surface area contributed by atoms with Crippen molar-refractivity contribution in [1.82, 2.24) is 0 Å². The summed E-state index contributed by atoms with van der Waals surface area (Å²) >= 11 is -2.00. The fourth-order valence-electron chi connectivity index (χ4n) is 2.55. The SMILES string of the molecule is C[C]1([Ge]([CH3])([CH3])[C]2(C)C=CC=C2)C=CC=C1. The molecule has 0 spiro atoms. The van der Waals surface area contributed by atoms with Gasteiger partial charge in [-0.05, 0) is 0 Å². The molecule has 0 fully saturated rings. The van der Waals surface area contributed by atoms with Crippen LogP contribution in [0.2, 0.25) is 20.0 Å². The maximum absolute atomic E-state index is 2.54. The summed E-state index contributed by atoms with van der Waals surface area (Å²) in [5.41, 5.74) is 0. The van der Waals surface area contributed by atoms with Gasteiger partial charge in [0, 0.05) is 0 Å². The molecule has 2 rings (SSSR count). The van der Waals surface area contributed by atoms with Gasteiger partial charge in [0.15, 0.2) is 0 Å². The zero-order chi connectivity index (χ0) is 11.2. The van der Waals surface area contributed by atoms with Crippen LogP contribution in [0.4, 0.5) is 0 Å². The van der Waals surface area contributed by atoms with Gasteiger partial charge in [-0.3, -0.25) is 0 Å². The molecule has 0 aliphatic heterocycles. The zero-order valence-corrected chi connectivity index (χ0v) is 12.2. The zero-order valence-electron chi connectivity index (χ0n) is 10.1. The molecule has 0 nitrogen and oxygen atoms in total. The fourth-order valence-corrected chi connectivity index (χ4v) is 9.29. The molecule has 0 saturated carbocycles. The maximum atomic E-state index is 2.54. The van der Waals surface area contributed by atoms with E-state index in [-0.39, 0.29) is 0 Å². The summed E-state index contributed by atoms with van der Waals surface area (Å²) in [6, 6.07) is 0. The predicted octanol–water partition coefficient (Wildman–Crippen LogP) is 4.47. The van der Waals surface area contributed by atoms with Crippen molar-refractivity contribution < 1.29 is 0 Å². The van der Waals surface area contributed by atoms with E-state index in [1.54, 1.807) is 0 Å². The van der Waals surface area contributed by atoms with Crippen molar-refractivity contribution in [1.29, 1.82) is 0 Å². The molecule has 2 aliphatic rings. The molecule has 0 aromatic heterocycles. The van der Waals surface area contributed by atoms with Crippen LogP contribution >= 0.6 is 0 Å². The Balaban J connectivity index is 2.43. The third kappa shape index (κ3) is 1.42. The van der Waals surface area contributed by atoms with Gasteiger partial charge in [-0.1, -0.05) is 0 Å². The topological polar surface area (TPSA) is 0 Å². The summed E-state index contributed by atoms with van der Waals surface area (Å²) in [6.07, 6.45) is 18.4. The minimum atomic E-state index is -2.00. The summed E-state index contributed by atoms with van der Waals surface area (Å²) in [4.78, 5) is 0. The van der Waals surface area contributed by atoms with E-state index < -0.39 is 13.3 Å². The van der Waals surface area contributed by atoms with Crippen molar-refractivity contribution in [2.75, 3.05) is 0 Å². The Morgan fingerprint density at radius 2 is 0.933 bits per heavy atom. The standard InChI is InChI=1S/C14H20Ge/c1-13(9-5-6-10-13)15(3,4)14(2)11-7-8-12-14/h5-12H,1-4H3. The monoisotopic (exact) mass is 262 g/mol. The van der Waals surface area contributed by atoms with Crippen LogP contribution in [0.25, 0.3) is 0 Å². The predicted molar refractivity (Wildman–Crippen MR) is 70.8 cm³/mol. The molecule has 0 aromatic carbocycles. The van der Waals surface area contributed by atoms with Crippen molar-refractivity contribution in [2.24, 2.45) is 0 Å². The Morgan fingerprint density at radius 1 is 0.667 bits per heavy atom. The Hall–Kier alpha value is -0.497. The molecule has 0 radical (unpaired) electrons. The van der Waals surface area contributed by atoms with Crippen molar-refractivity contribution in [3.05, 3.63) is 48.6 Å².